The normalized spacial score (nSPS) is 10.9. The van der Waals surface area contributed by atoms with Crippen molar-refractivity contribution in [3.05, 3.63) is 119 Å². The first-order valence-corrected chi connectivity index (χ1v) is 11.4. The number of carbonyl (C=O) groups excluding carboxylic acids is 2. The minimum Gasteiger partial charge on any atom is -0.453 e. The molecule has 0 saturated carbocycles. The summed E-state index contributed by atoms with van der Waals surface area (Å²) in [6, 6.07) is 28.3. The molecule has 7 nitrogen and oxygen atoms in total. The zero-order valence-electron chi connectivity index (χ0n) is 19.9. The third kappa shape index (κ3) is 4.50. The van der Waals surface area contributed by atoms with E-state index in [1.807, 2.05) is 44.2 Å². The Morgan fingerprint density at radius 1 is 0.917 bits per heavy atom. The Morgan fingerprint density at radius 2 is 1.42 bits per heavy atom. The Balaban J connectivity index is 1.59. The summed E-state index contributed by atoms with van der Waals surface area (Å²) in [5.74, 6) is -1.33. The maximum atomic E-state index is 13.2. The molecule has 0 bridgehead atoms. The number of benzene rings is 3. The predicted molar refractivity (Wildman–Crippen MR) is 135 cm³/mol. The van der Waals surface area contributed by atoms with Crippen molar-refractivity contribution in [2.45, 2.75) is 19.4 Å². The van der Waals surface area contributed by atoms with Gasteiger partial charge in [-0.2, -0.15) is 5.26 Å². The van der Waals surface area contributed by atoms with E-state index >= 15 is 0 Å². The summed E-state index contributed by atoms with van der Waals surface area (Å²) in [4.78, 5) is 26.1. The highest BCUT2D eigenvalue weighted by atomic mass is 16.6. The van der Waals surface area contributed by atoms with E-state index in [1.54, 1.807) is 65.2 Å². The molecular formula is C29H25N3O4. The van der Waals surface area contributed by atoms with Crippen LogP contribution in [-0.2, 0) is 19.9 Å². The average Bonchev–Trinajstić information content (AvgIpc) is 3.16. The molecule has 7 heteroatoms. The Labute approximate surface area is 209 Å². The molecule has 2 N–H and O–H groups in total. The van der Waals surface area contributed by atoms with E-state index in [0.717, 1.165) is 16.9 Å². The van der Waals surface area contributed by atoms with Gasteiger partial charge in [-0.05, 0) is 42.7 Å². The van der Waals surface area contributed by atoms with Crippen LogP contribution in [0.15, 0.2) is 91.0 Å². The number of carbonyl (C=O) groups is 2. The molecule has 0 unspecified atom stereocenters. The molecule has 0 saturated heterocycles. The number of aliphatic hydroxyl groups is 1. The van der Waals surface area contributed by atoms with Crippen LogP contribution in [0.5, 0.6) is 0 Å². The SMILES string of the molecule is Cc1c(C#N)c(NC(=O)COC(=O)C(O)(c2ccccc2)c2ccccc2)n(-c2ccccc2)c1C. The molecule has 0 spiro atoms. The maximum absolute atomic E-state index is 13.2. The Kier molecular flexibility index (Phi) is 7.00. The number of aromatic nitrogens is 1. The van der Waals surface area contributed by atoms with Crippen molar-refractivity contribution in [3.8, 4) is 11.8 Å². The second-order valence-electron chi connectivity index (χ2n) is 8.28. The number of hydrogen-bond acceptors (Lipinski definition) is 5. The van der Waals surface area contributed by atoms with Gasteiger partial charge in [0.1, 0.15) is 11.9 Å². The zero-order chi connectivity index (χ0) is 25.7. The number of amides is 1. The monoisotopic (exact) mass is 479 g/mol. The second kappa shape index (κ2) is 10.3. The van der Waals surface area contributed by atoms with Crippen LogP contribution in [0.1, 0.15) is 27.9 Å². The molecule has 0 aliphatic rings. The van der Waals surface area contributed by atoms with Crippen molar-refractivity contribution in [3.63, 3.8) is 0 Å². The topological polar surface area (TPSA) is 104 Å². The minimum atomic E-state index is -2.10. The average molecular weight is 480 g/mol. The van der Waals surface area contributed by atoms with Gasteiger partial charge >= 0.3 is 5.97 Å². The van der Waals surface area contributed by atoms with Crippen molar-refractivity contribution in [2.24, 2.45) is 0 Å². The molecule has 0 atom stereocenters. The fraction of sp³-hybridized carbons (Fsp3) is 0.138. The lowest BCUT2D eigenvalue weighted by Crippen LogP contribution is -2.40. The second-order valence-corrected chi connectivity index (χ2v) is 8.28. The molecule has 3 aromatic carbocycles. The smallest absolute Gasteiger partial charge is 0.348 e. The lowest BCUT2D eigenvalue weighted by molar-refractivity contribution is -0.163. The van der Waals surface area contributed by atoms with Crippen molar-refractivity contribution in [2.75, 3.05) is 11.9 Å². The van der Waals surface area contributed by atoms with Crippen LogP contribution in [-0.4, -0.2) is 28.2 Å². The van der Waals surface area contributed by atoms with E-state index in [4.69, 9.17) is 4.74 Å². The molecule has 180 valence electrons. The summed E-state index contributed by atoms with van der Waals surface area (Å²) in [6.45, 7) is 3.02. The van der Waals surface area contributed by atoms with Gasteiger partial charge in [-0.3, -0.25) is 9.36 Å². The predicted octanol–water partition coefficient (Wildman–Crippen LogP) is 4.38. The van der Waals surface area contributed by atoms with E-state index in [9.17, 15) is 20.0 Å². The Morgan fingerprint density at radius 3 is 1.92 bits per heavy atom. The molecule has 0 radical (unpaired) electrons. The van der Waals surface area contributed by atoms with Crippen LogP contribution in [0, 0.1) is 25.2 Å². The van der Waals surface area contributed by atoms with Crippen molar-refractivity contribution < 1.29 is 19.4 Å². The third-order valence-electron chi connectivity index (χ3n) is 6.11. The van der Waals surface area contributed by atoms with Crippen LogP contribution in [0.2, 0.25) is 0 Å². The molecule has 4 rings (SSSR count). The number of hydrogen-bond donors (Lipinski definition) is 2. The number of nitriles is 1. The number of rotatable bonds is 7. The fourth-order valence-corrected chi connectivity index (χ4v) is 4.13. The van der Waals surface area contributed by atoms with Crippen LogP contribution in [0.3, 0.4) is 0 Å². The van der Waals surface area contributed by atoms with Gasteiger partial charge in [-0.15, -0.1) is 0 Å². The lowest BCUT2D eigenvalue weighted by atomic mass is 9.86. The van der Waals surface area contributed by atoms with E-state index in [1.165, 1.54) is 0 Å². The van der Waals surface area contributed by atoms with E-state index < -0.39 is 24.1 Å². The number of nitrogens with zero attached hydrogens (tertiary/aromatic N) is 2. The maximum Gasteiger partial charge on any atom is 0.348 e. The van der Waals surface area contributed by atoms with Gasteiger partial charge in [0.25, 0.3) is 5.91 Å². The molecule has 0 fully saturated rings. The molecule has 0 aliphatic carbocycles. The molecule has 1 amide bonds. The van der Waals surface area contributed by atoms with Crippen LogP contribution < -0.4 is 5.32 Å². The first-order chi connectivity index (χ1) is 17.4. The summed E-state index contributed by atoms with van der Waals surface area (Å²) < 4.78 is 7.09. The quantitative estimate of drug-likeness (QED) is 0.383. The zero-order valence-corrected chi connectivity index (χ0v) is 19.9. The van der Waals surface area contributed by atoms with Gasteiger partial charge in [0.2, 0.25) is 5.60 Å². The van der Waals surface area contributed by atoms with Crippen molar-refractivity contribution in [1.29, 1.82) is 5.26 Å². The molecule has 36 heavy (non-hydrogen) atoms. The van der Waals surface area contributed by atoms with E-state index in [0.29, 0.717) is 22.5 Å². The summed E-state index contributed by atoms with van der Waals surface area (Å²) in [6.07, 6.45) is 0. The van der Waals surface area contributed by atoms with Crippen LogP contribution >= 0.6 is 0 Å². The van der Waals surface area contributed by atoms with E-state index in [-0.39, 0.29) is 0 Å². The Bertz CT molecular complexity index is 1380. The summed E-state index contributed by atoms with van der Waals surface area (Å²) >= 11 is 0. The number of ether oxygens (including phenoxy) is 1. The molecule has 4 aromatic rings. The summed E-state index contributed by atoms with van der Waals surface area (Å²) in [5.41, 5.74) is 1.16. The van der Waals surface area contributed by atoms with Crippen molar-refractivity contribution >= 4 is 17.7 Å². The van der Waals surface area contributed by atoms with Gasteiger partial charge in [-0.25, -0.2) is 4.79 Å². The van der Waals surface area contributed by atoms with Gasteiger partial charge in [0.15, 0.2) is 6.61 Å². The number of nitrogens with one attached hydrogen (secondary N) is 1. The van der Waals surface area contributed by atoms with E-state index in [2.05, 4.69) is 11.4 Å². The van der Waals surface area contributed by atoms with Crippen molar-refractivity contribution in [1.82, 2.24) is 4.57 Å². The fourth-order valence-electron chi connectivity index (χ4n) is 4.13. The first-order valence-electron chi connectivity index (χ1n) is 11.4. The number of anilines is 1. The first kappa shape index (κ1) is 24.5. The highest BCUT2D eigenvalue weighted by Gasteiger charge is 2.42. The lowest BCUT2D eigenvalue weighted by Gasteiger charge is -2.27. The number of para-hydroxylation sites is 1. The summed E-state index contributed by atoms with van der Waals surface area (Å²) in [7, 11) is 0. The number of esters is 1. The summed E-state index contributed by atoms with van der Waals surface area (Å²) in [5, 5.41) is 23.9. The molecule has 1 aromatic heterocycles. The Hall–Kier alpha value is -4.67. The highest BCUT2D eigenvalue weighted by molar-refractivity contribution is 5.95. The minimum absolute atomic E-state index is 0.293. The van der Waals surface area contributed by atoms with Gasteiger partial charge in [0, 0.05) is 11.4 Å². The molecule has 1 heterocycles. The standard InChI is InChI=1S/C29H25N3O4/c1-20-21(2)32(24-16-10-5-11-17-24)27(25(20)18-30)31-26(33)19-36-28(34)29(35,22-12-6-3-7-13-22)23-14-8-4-9-15-23/h3-17,35H,19H2,1-2H3,(H,31,33). The largest absolute Gasteiger partial charge is 0.453 e. The van der Waals surface area contributed by atoms with Gasteiger partial charge in [-0.1, -0.05) is 78.9 Å². The van der Waals surface area contributed by atoms with Crippen LogP contribution in [0.25, 0.3) is 5.69 Å². The van der Waals surface area contributed by atoms with Gasteiger partial charge in [0.05, 0.1) is 5.56 Å². The third-order valence-corrected chi connectivity index (χ3v) is 6.11. The van der Waals surface area contributed by atoms with Crippen LogP contribution in [0.4, 0.5) is 5.82 Å². The van der Waals surface area contributed by atoms with Gasteiger partial charge < -0.3 is 15.2 Å². The molecular weight excluding hydrogens is 454 g/mol. The molecule has 0 aliphatic heterocycles. The highest BCUT2D eigenvalue weighted by Crippen LogP contribution is 2.32.